The Kier molecular flexibility index (Phi) is 9.60. The van der Waals surface area contributed by atoms with E-state index in [1.807, 2.05) is 0 Å². The Morgan fingerprint density at radius 2 is 0.762 bits per heavy atom. The zero-order valence-electron chi connectivity index (χ0n) is 35.6. The molecule has 0 unspecified atom stereocenters. The van der Waals surface area contributed by atoms with Gasteiger partial charge in [-0.05, 0) is 101 Å². The van der Waals surface area contributed by atoms with Crippen LogP contribution in [0, 0.1) is 0 Å². The van der Waals surface area contributed by atoms with Crippen molar-refractivity contribution in [3.05, 3.63) is 260 Å². The molecule has 0 radical (unpaired) electrons. The molecule has 0 saturated carbocycles. The first kappa shape index (κ1) is 38.4. The van der Waals surface area contributed by atoms with E-state index in [0.717, 1.165) is 17.1 Å². The van der Waals surface area contributed by atoms with E-state index in [-0.39, 0.29) is 5.41 Å². The zero-order chi connectivity index (χ0) is 42.4. The summed E-state index contributed by atoms with van der Waals surface area (Å²) < 4.78 is 0. The molecule has 10 aromatic rings. The summed E-state index contributed by atoms with van der Waals surface area (Å²) in [5.41, 5.74) is 13.5. The maximum atomic E-state index is 2.46. The average molecular weight is 822 g/mol. The maximum absolute atomic E-state index is 2.65. The summed E-state index contributed by atoms with van der Waals surface area (Å²) in [4.78, 5) is 2.46. The molecule has 0 spiro atoms. The highest BCUT2D eigenvalue weighted by Crippen LogP contribution is 2.51. The first-order chi connectivity index (χ1) is 31.0. The molecule has 300 valence electrons. The van der Waals surface area contributed by atoms with Crippen LogP contribution in [0.15, 0.2) is 249 Å². The molecular weight excluding hydrogens is 775 g/mol. The minimum atomic E-state index is -2.65. The highest BCUT2D eigenvalue weighted by atomic mass is 28.3. The molecule has 0 atom stereocenters. The van der Waals surface area contributed by atoms with E-state index in [0.29, 0.717) is 0 Å². The lowest BCUT2D eigenvalue weighted by atomic mass is 9.82. The van der Waals surface area contributed by atoms with Gasteiger partial charge in [0.15, 0.2) is 8.07 Å². The Labute approximate surface area is 372 Å². The number of rotatable bonds is 9. The molecule has 0 N–H and O–H groups in total. The van der Waals surface area contributed by atoms with E-state index in [1.54, 1.807) is 0 Å². The molecule has 11 rings (SSSR count). The SMILES string of the molecule is CC1(C)c2ccccc2-c2ccc(N(c3ccc(-c4ccccc4)cc3)c3ccc(-c4ccc([Si](c5ccccc5)(c5ccccc5)c5ccccc5)cc4)c4ccccc34)cc21. The van der Waals surface area contributed by atoms with Crippen LogP contribution in [0.3, 0.4) is 0 Å². The molecule has 0 aromatic heterocycles. The van der Waals surface area contributed by atoms with Gasteiger partial charge in [0.2, 0.25) is 0 Å². The van der Waals surface area contributed by atoms with Gasteiger partial charge in [0.1, 0.15) is 0 Å². The van der Waals surface area contributed by atoms with Crippen molar-refractivity contribution in [3.63, 3.8) is 0 Å². The number of hydrogen-bond donors (Lipinski definition) is 0. The van der Waals surface area contributed by atoms with E-state index < -0.39 is 8.07 Å². The second-order valence-corrected chi connectivity index (χ2v) is 21.1. The summed E-state index contributed by atoms with van der Waals surface area (Å²) in [7, 11) is -2.65. The van der Waals surface area contributed by atoms with Gasteiger partial charge in [0.25, 0.3) is 0 Å². The summed E-state index contributed by atoms with van der Waals surface area (Å²) in [5, 5.41) is 7.92. The van der Waals surface area contributed by atoms with Gasteiger partial charge in [-0.3, -0.25) is 0 Å². The van der Waals surface area contributed by atoms with Crippen LogP contribution in [-0.4, -0.2) is 8.07 Å². The third kappa shape index (κ3) is 6.45. The van der Waals surface area contributed by atoms with Crippen LogP contribution in [-0.2, 0) is 5.41 Å². The van der Waals surface area contributed by atoms with Gasteiger partial charge in [-0.1, -0.05) is 232 Å². The molecule has 0 saturated heterocycles. The molecule has 2 heteroatoms. The summed E-state index contributed by atoms with van der Waals surface area (Å²) in [6, 6.07) is 92.3. The van der Waals surface area contributed by atoms with Crippen LogP contribution in [0.25, 0.3) is 44.2 Å². The van der Waals surface area contributed by atoms with Crippen LogP contribution < -0.4 is 25.6 Å². The van der Waals surface area contributed by atoms with Crippen molar-refractivity contribution in [2.75, 3.05) is 4.90 Å². The molecular formula is C61H47NSi. The van der Waals surface area contributed by atoms with Crippen LogP contribution in [0.2, 0.25) is 0 Å². The summed E-state index contributed by atoms with van der Waals surface area (Å²) in [5.74, 6) is 0. The number of hydrogen-bond acceptors (Lipinski definition) is 1. The quantitative estimate of drug-likeness (QED) is 0.104. The lowest BCUT2D eigenvalue weighted by Gasteiger charge is -2.34. The van der Waals surface area contributed by atoms with Crippen molar-refractivity contribution in [1.82, 2.24) is 0 Å². The molecule has 63 heavy (non-hydrogen) atoms. The van der Waals surface area contributed by atoms with Crippen molar-refractivity contribution in [2.24, 2.45) is 0 Å². The average Bonchev–Trinajstić information content (AvgIpc) is 3.59. The maximum Gasteiger partial charge on any atom is 0.179 e. The normalized spacial score (nSPS) is 12.7. The number of anilines is 3. The first-order valence-corrected chi connectivity index (χ1v) is 24.0. The van der Waals surface area contributed by atoms with Gasteiger partial charge >= 0.3 is 0 Å². The molecule has 0 bridgehead atoms. The Bertz CT molecular complexity index is 3120. The predicted molar refractivity (Wildman–Crippen MR) is 271 cm³/mol. The van der Waals surface area contributed by atoms with E-state index in [4.69, 9.17) is 0 Å². The Morgan fingerprint density at radius 3 is 1.38 bits per heavy atom. The predicted octanol–water partition coefficient (Wildman–Crippen LogP) is 13.3. The Balaban J connectivity index is 1.06. The van der Waals surface area contributed by atoms with Crippen LogP contribution in [0.4, 0.5) is 17.1 Å². The highest BCUT2D eigenvalue weighted by Gasteiger charge is 2.41. The van der Waals surface area contributed by atoms with E-state index in [2.05, 4.69) is 267 Å². The molecule has 1 aliphatic rings. The van der Waals surface area contributed by atoms with Gasteiger partial charge < -0.3 is 4.90 Å². The van der Waals surface area contributed by atoms with Crippen molar-refractivity contribution in [3.8, 4) is 33.4 Å². The van der Waals surface area contributed by atoms with Gasteiger partial charge in [-0.15, -0.1) is 0 Å². The summed E-state index contributed by atoms with van der Waals surface area (Å²) >= 11 is 0. The van der Waals surface area contributed by atoms with E-state index in [9.17, 15) is 0 Å². The van der Waals surface area contributed by atoms with Gasteiger partial charge in [0.05, 0.1) is 5.69 Å². The molecule has 10 aromatic carbocycles. The third-order valence-electron chi connectivity index (χ3n) is 13.4. The second kappa shape index (κ2) is 15.7. The van der Waals surface area contributed by atoms with Gasteiger partial charge in [0, 0.05) is 22.2 Å². The van der Waals surface area contributed by atoms with Crippen LogP contribution >= 0.6 is 0 Å². The standard InChI is InChI=1S/C61H47NSi/c1-61(2)58-30-18-17-28-55(58)56-40-37-48(43-59(56)61)62(47-35-31-45(32-36-47)44-19-7-3-8-20-44)60-42-41-53(54-27-15-16-29-57(54)60)46-33-38-52(39-34-46)63(49-21-9-4-10-22-49,50-23-11-5-12-24-50)51-25-13-6-14-26-51/h3-43H,1-2H3. The lowest BCUT2D eigenvalue weighted by Crippen LogP contribution is -2.74. The topological polar surface area (TPSA) is 3.24 Å². The fraction of sp³-hybridized carbons (Fsp3) is 0.0492. The molecule has 0 aliphatic heterocycles. The largest absolute Gasteiger partial charge is 0.310 e. The van der Waals surface area contributed by atoms with E-state index in [1.165, 1.54) is 76.0 Å². The first-order valence-electron chi connectivity index (χ1n) is 22.0. The Hall–Kier alpha value is -7.52. The van der Waals surface area contributed by atoms with Gasteiger partial charge in [-0.25, -0.2) is 0 Å². The fourth-order valence-corrected chi connectivity index (χ4v) is 15.1. The summed E-state index contributed by atoms with van der Waals surface area (Å²) in [6.07, 6.45) is 0. The van der Waals surface area contributed by atoms with Crippen molar-refractivity contribution in [2.45, 2.75) is 19.3 Å². The highest BCUT2D eigenvalue weighted by molar-refractivity contribution is 7.19. The minimum Gasteiger partial charge on any atom is -0.310 e. The zero-order valence-corrected chi connectivity index (χ0v) is 36.6. The van der Waals surface area contributed by atoms with Gasteiger partial charge in [-0.2, -0.15) is 0 Å². The number of fused-ring (bicyclic) bond motifs is 4. The second-order valence-electron chi connectivity index (χ2n) is 17.3. The van der Waals surface area contributed by atoms with Crippen LogP contribution in [0.5, 0.6) is 0 Å². The summed E-state index contributed by atoms with van der Waals surface area (Å²) in [6.45, 7) is 4.73. The minimum absolute atomic E-state index is 0.120. The molecule has 0 amide bonds. The smallest absolute Gasteiger partial charge is 0.179 e. The van der Waals surface area contributed by atoms with E-state index >= 15 is 0 Å². The number of nitrogens with zero attached hydrogens (tertiary/aromatic N) is 1. The van der Waals surface area contributed by atoms with Crippen molar-refractivity contribution < 1.29 is 0 Å². The Morgan fingerprint density at radius 1 is 0.317 bits per heavy atom. The fourth-order valence-electron chi connectivity index (χ4n) is 10.4. The lowest BCUT2D eigenvalue weighted by molar-refractivity contribution is 0.660. The van der Waals surface area contributed by atoms with Crippen molar-refractivity contribution in [1.29, 1.82) is 0 Å². The number of benzene rings is 10. The van der Waals surface area contributed by atoms with Crippen LogP contribution in [0.1, 0.15) is 25.0 Å². The monoisotopic (exact) mass is 821 g/mol. The molecule has 1 nitrogen and oxygen atoms in total. The molecule has 0 heterocycles. The molecule has 1 aliphatic carbocycles. The van der Waals surface area contributed by atoms with Crippen molar-refractivity contribution >= 4 is 56.7 Å². The third-order valence-corrected chi connectivity index (χ3v) is 18.2. The molecule has 0 fully saturated rings.